The SMILES string of the molecule is CC(F)(F)c1cc(=O)[nH]c2ccc(Cc3ccc(S(=O)(=O)NCCCCc4ccccc4)cc3)cc12. The summed E-state index contributed by atoms with van der Waals surface area (Å²) in [7, 11) is -3.62. The van der Waals surface area contributed by atoms with Crippen LogP contribution in [0.1, 0.15) is 42.0 Å². The van der Waals surface area contributed by atoms with E-state index in [9.17, 15) is 22.0 Å². The molecule has 1 aromatic heterocycles. The highest BCUT2D eigenvalue weighted by Gasteiger charge is 2.27. The predicted molar refractivity (Wildman–Crippen MR) is 138 cm³/mol. The lowest BCUT2D eigenvalue weighted by Crippen LogP contribution is -2.24. The Morgan fingerprint density at radius 3 is 2.25 bits per heavy atom. The van der Waals surface area contributed by atoms with Crippen LogP contribution >= 0.6 is 0 Å². The average Bonchev–Trinajstić information content (AvgIpc) is 2.84. The summed E-state index contributed by atoms with van der Waals surface area (Å²) in [5.74, 6) is -3.16. The molecule has 0 aliphatic rings. The lowest BCUT2D eigenvalue weighted by molar-refractivity contribution is 0.0189. The molecule has 0 aliphatic carbocycles. The second-order valence-corrected chi connectivity index (χ2v) is 10.7. The Labute approximate surface area is 209 Å². The molecule has 188 valence electrons. The summed E-state index contributed by atoms with van der Waals surface area (Å²) in [6.45, 7) is 1.13. The highest BCUT2D eigenvalue weighted by molar-refractivity contribution is 7.89. The van der Waals surface area contributed by atoms with Crippen LogP contribution in [0.3, 0.4) is 0 Å². The third-order valence-electron chi connectivity index (χ3n) is 6.05. The fraction of sp³-hybridized carbons (Fsp3) is 0.250. The Balaban J connectivity index is 1.39. The van der Waals surface area contributed by atoms with Crippen molar-refractivity contribution in [3.63, 3.8) is 0 Å². The van der Waals surface area contributed by atoms with Gasteiger partial charge in [-0.1, -0.05) is 48.5 Å². The molecule has 0 spiro atoms. The number of alkyl halides is 2. The van der Waals surface area contributed by atoms with Gasteiger partial charge in [0.05, 0.1) is 4.90 Å². The number of aromatic nitrogens is 1. The van der Waals surface area contributed by atoms with Crippen molar-refractivity contribution in [2.45, 2.75) is 43.4 Å². The van der Waals surface area contributed by atoms with Crippen LogP contribution in [0, 0.1) is 0 Å². The number of sulfonamides is 1. The zero-order valence-corrected chi connectivity index (χ0v) is 20.7. The van der Waals surface area contributed by atoms with Crippen LogP contribution in [0.5, 0.6) is 0 Å². The first-order valence-electron chi connectivity index (χ1n) is 11.8. The number of unbranched alkanes of at least 4 members (excludes halogenated alkanes) is 1. The molecular weight excluding hydrogens is 482 g/mol. The van der Waals surface area contributed by atoms with Gasteiger partial charge in [-0.3, -0.25) is 4.79 Å². The maximum absolute atomic E-state index is 14.1. The monoisotopic (exact) mass is 510 g/mol. The molecule has 1 heterocycles. The normalized spacial score (nSPS) is 12.2. The first-order valence-corrected chi connectivity index (χ1v) is 13.3. The molecule has 2 N–H and O–H groups in total. The molecule has 5 nitrogen and oxygen atoms in total. The van der Waals surface area contributed by atoms with Gasteiger partial charge >= 0.3 is 0 Å². The number of pyridine rings is 1. The molecule has 0 bridgehead atoms. The van der Waals surface area contributed by atoms with E-state index < -0.39 is 21.5 Å². The predicted octanol–water partition coefficient (Wildman–Crippen LogP) is 5.53. The van der Waals surface area contributed by atoms with Crippen molar-refractivity contribution in [2.75, 3.05) is 6.54 Å². The maximum atomic E-state index is 14.1. The minimum Gasteiger partial charge on any atom is -0.322 e. The third-order valence-corrected chi connectivity index (χ3v) is 7.53. The van der Waals surface area contributed by atoms with E-state index in [0.717, 1.165) is 43.4 Å². The van der Waals surface area contributed by atoms with Gasteiger partial charge in [-0.15, -0.1) is 0 Å². The number of hydrogen-bond acceptors (Lipinski definition) is 3. The van der Waals surface area contributed by atoms with Crippen molar-refractivity contribution in [3.05, 3.63) is 111 Å². The van der Waals surface area contributed by atoms with E-state index >= 15 is 0 Å². The van der Waals surface area contributed by atoms with Crippen LogP contribution in [-0.2, 0) is 28.8 Å². The lowest BCUT2D eigenvalue weighted by Gasteiger charge is -2.14. The van der Waals surface area contributed by atoms with Gasteiger partial charge in [-0.2, -0.15) is 0 Å². The number of aryl methyl sites for hydroxylation is 1. The number of rotatable bonds is 10. The first kappa shape index (κ1) is 25.7. The molecule has 4 aromatic rings. The molecule has 0 fully saturated rings. The van der Waals surface area contributed by atoms with Crippen molar-refractivity contribution >= 4 is 20.9 Å². The fourth-order valence-corrected chi connectivity index (χ4v) is 5.26. The number of benzene rings is 3. The van der Waals surface area contributed by atoms with Crippen LogP contribution in [0.15, 0.2) is 88.6 Å². The summed E-state index contributed by atoms with van der Waals surface area (Å²) in [4.78, 5) is 14.5. The summed E-state index contributed by atoms with van der Waals surface area (Å²) >= 11 is 0. The van der Waals surface area contributed by atoms with E-state index in [2.05, 4.69) is 21.8 Å². The van der Waals surface area contributed by atoms with E-state index in [0.29, 0.717) is 18.5 Å². The molecule has 0 aliphatic heterocycles. The van der Waals surface area contributed by atoms with Gasteiger partial charge in [0.1, 0.15) is 0 Å². The Kier molecular flexibility index (Phi) is 7.66. The summed E-state index contributed by atoms with van der Waals surface area (Å²) < 4.78 is 56.1. The molecular formula is C28H28F2N2O3S. The minimum atomic E-state index is -3.62. The number of H-pyrrole nitrogens is 1. The zero-order chi connectivity index (χ0) is 25.8. The topological polar surface area (TPSA) is 79.0 Å². The van der Waals surface area contributed by atoms with Crippen molar-refractivity contribution in [2.24, 2.45) is 0 Å². The van der Waals surface area contributed by atoms with Gasteiger partial charge in [0.25, 0.3) is 5.92 Å². The van der Waals surface area contributed by atoms with Crippen LogP contribution in [0.4, 0.5) is 8.78 Å². The van der Waals surface area contributed by atoms with E-state index in [4.69, 9.17) is 0 Å². The maximum Gasteiger partial charge on any atom is 0.271 e. The molecule has 8 heteroatoms. The first-order chi connectivity index (χ1) is 17.1. The highest BCUT2D eigenvalue weighted by Crippen LogP contribution is 2.32. The van der Waals surface area contributed by atoms with Gasteiger partial charge in [-0.05, 0) is 66.6 Å². The van der Waals surface area contributed by atoms with Gasteiger partial charge in [0.15, 0.2) is 0 Å². The Bertz CT molecular complexity index is 1490. The van der Waals surface area contributed by atoms with Gasteiger partial charge < -0.3 is 4.98 Å². The molecule has 0 saturated carbocycles. The van der Waals surface area contributed by atoms with Crippen LogP contribution in [-0.4, -0.2) is 19.9 Å². The van der Waals surface area contributed by atoms with Crippen LogP contribution < -0.4 is 10.3 Å². The molecule has 0 atom stereocenters. The molecule has 0 radical (unpaired) electrons. The minimum absolute atomic E-state index is 0.179. The Morgan fingerprint density at radius 1 is 0.861 bits per heavy atom. The van der Waals surface area contributed by atoms with E-state index in [-0.39, 0.29) is 15.8 Å². The largest absolute Gasteiger partial charge is 0.322 e. The molecule has 0 amide bonds. The highest BCUT2D eigenvalue weighted by atomic mass is 32.2. The second-order valence-electron chi connectivity index (χ2n) is 8.98. The molecule has 36 heavy (non-hydrogen) atoms. The van der Waals surface area contributed by atoms with Gasteiger partial charge in [0, 0.05) is 36.0 Å². The van der Waals surface area contributed by atoms with Crippen molar-refractivity contribution in [1.82, 2.24) is 9.71 Å². The van der Waals surface area contributed by atoms with Crippen molar-refractivity contribution < 1.29 is 17.2 Å². The van der Waals surface area contributed by atoms with Crippen LogP contribution in [0.2, 0.25) is 0 Å². The smallest absolute Gasteiger partial charge is 0.271 e. The van der Waals surface area contributed by atoms with Crippen molar-refractivity contribution in [3.8, 4) is 0 Å². The lowest BCUT2D eigenvalue weighted by atomic mass is 9.99. The van der Waals surface area contributed by atoms with E-state index in [1.807, 2.05) is 18.2 Å². The molecule has 4 rings (SSSR count). The zero-order valence-electron chi connectivity index (χ0n) is 19.9. The number of fused-ring (bicyclic) bond motifs is 1. The Hall–Kier alpha value is -3.36. The average molecular weight is 511 g/mol. The van der Waals surface area contributed by atoms with E-state index in [1.165, 1.54) is 5.56 Å². The Morgan fingerprint density at radius 2 is 1.56 bits per heavy atom. The summed E-state index contributed by atoms with van der Waals surface area (Å²) in [5, 5.41) is 0.287. The van der Waals surface area contributed by atoms with E-state index in [1.54, 1.807) is 42.5 Å². The summed E-state index contributed by atoms with van der Waals surface area (Å²) in [6, 6.07) is 22.5. The third kappa shape index (κ3) is 6.44. The molecule has 0 saturated heterocycles. The molecule has 3 aromatic carbocycles. The number of nitrogens with one attached hydrogen (secondary N) is 2. The quantitative estimate of drug-likeness (QED) is 0.275. The second kappa shape index (κ2) is 10.7. The van der Waals surface area contributed by atoms with Crippen molar-refractivity contribution in [1.29, 1.82) is 0 Å². The fourth-order valence-electron chi connectivity index (χ4n) is 4.18. The standard InChI is InChI=1S/C28H28F2N2O3S/c1-28(29,30)25-19-27(33)32-26-15-12-22(18-24(25)26)17-21-10-13-23(14-11-21)36(34,35)31-16-6-5-9-20-7-3-2-4-8-20/h2-4,7-8,10-15,18-19,31H,5-6,9,16-17H2,1H3,(H,32,33). The number of hydrogen-bond donors (Lipinski definition) is 2. The van der Waals surface area contributed by atoms with Crippen LogP contribution in [0.25, 0.3) is 10.9 Å². The van der Waals surface area contributed by atoms with Gasteiger partial charge in [-0.25, -0.2) is 21.9 Å². The summed E-state index contributed by atoms with van der Waals surface area (Å²) in [6.07, 6.45) is 2.95. The number of aromatic amines is 1. The summed E-state index contributed by atoms with van der Waals surface area (Å²) in [5.41, 5.74) is 2.29. The number of halogens is 2. The van der Waals surface area contributed by atoms with Gasteiger partial charge in [0.2, 0.25) is 15.6 Å². The molecule has 0 unspecified atom stereocenters.